The number of fused-ring (bicyclic) bond motifs is 2. The average molecular weight is 613 g/mol. The van der Waals surface area contributed by atoms with Crippen LogP contribution in [0.25, 0.3) is 10.9 Å². The van der Waals surface area contributed by atoms with Gasteiger partial charge in [-0.15, -0.1) is 11.3 Å². The van der Waals surface area contributed by atoms with E-state index in [0.29, 0.717) is 51.7 Å². The van der Waals surface area contributed by atoms with Crippen LogP contribution in [0.5, 0.6) is 11.5 Å². The second kappa shape index (κ2) is 12.3. The summed E-state index contributed by atoms with van der Waals surface area (Å²) in [6.07, 6.45) is 6.03. The Morgan fingerprint density at radius 2 is 1.98 bits per heavy atom. The lowest BCUT2D eigenvalue weighted by Crippen LogP contribution is -2.36. The van der Waals surface area contributed by atoms with E-state index in [2.05, 4.69) is 41.4 Å². The Balaban J connectivity index is 1.35. The van der Waals surface area contributed by atoms with Crippen LogP contribution in [0.1, 0.15) is 55.6 Å². The highest BCUT2D eigenvalue weighted by atomic mass is 35.5. The molecule has 2 aromatic carbocycles. The molecule has 0 bridgehead atoms. The van der Waals surface area contributed by atoms with Gasteiger partial charge in [-0.25, -0.2) is 15.0 Å². The third kappa shape index (κ3) is 6.41. The summed E-state index contributed by atoms with van der Waals surface area (Å²) in [5.41, 5.74) is 2.72. The van der Waals surface area contributed by atoms with Crippen LogP contribution in [-0.4, -0.2) is 27.6 Å². The van der Waals surface area contributed by atoms with E-state index in [4.69, 9.17) is 37.7 Å². The Hall–Kier alpha value is -2.65. The van der Waals surface area contributed by atoms with Gasteiger partial charge in [0.05, 0.1) is 21.3 Å². The molecule has 3 atom stereocenters. The molecule has 1 aliphatic carbocycles. The molecule has 2 aliphatic rings. The lowest BCUT2D eigenvalue weighted by atomic mass is 9.75. The fourth-order valence-electron chi connectivity index (χ4n) is 5.87. The first-order valence-electron chi connectivity index (χ1n) is 14.3. The van der Waals surface area contributed by atoms with Crippen LogP contribution < -0.4 is 20.1 Å². The topological polar surface area (TPSA) is 81.2 Å². The first kappa shape index (κ1) is 28.5. The molecule has 0 spiro atoms. The molecule has 3 heterocycles. The van der Waals surface area contributed by atoms with E-state index in [-0.39, 0.29) is 6.10 Å². The highest BCUT2D eigenvalue weighted by Crippen LogP contribution is 2.41. The third-order valence-electron chi connectivity index (χ3n) is 8.12. The fraction of sp³-hybridized carbons (Fsp3) is 0.452. The van der Waals surface area contributed by atoms with E-state index in [9.17, 15) is 0 Å². The molecule has 41 heavy (non-hydrogen) atoms. The van der Waals surface area contributed by atoms with Gasteiger partial charge in [0.2, 0.25) is 0 Å². The molecule has 6 rings (SSSR count). The van der Waals surface area contributed by atoms with Crippen molar-refractivity contribution in [3.8, 4) is 11.5 Å². The number of nitrogens with one attached hydrogen (secondary N) is 2. The Morgan fingerprint density at radius 3 is 2.78 bits per heavy atom. The lowest BCUT2D eigenvalue weighted by molar-refractivity contribution is 0.0434. The summed E-state index contributed by atoms with van der Waals surface area (Å²) in [4.78, 5) is 15.3. The van der Waals surface area contributed by atoms with Gasteiger partial charge in [-0.3, -0.25) is 0 Å². The van der Waals surface area contributed by atoms with Crippen molar-refractivity contribution < 1.29 is 9.47 Å². The van der Waals surface area contributed by atoms with Gasteiger partial charge in [-0.05, 0) is 54.9 Å². The molecule has 1 fully saturated rings. The van der Waals surface area contributed by atoms with Gasteiger partial charge in [-0.2, -0.15) is 0 Å². The van der Waals surface area contributed by atoms with Crippen LogP contribution in [0.3, 0.4) is 0 Å². The Morgan fingerprint density at radius 1 is 1.10 bits per heavy atom. The first-order valence-corrected chi connectivity index (χ1v) is 15.9. The molecule has 0 amide bonds. The van der Waals surface area contributed by atoms with Crippen LogP contribution >= 0.6 is 34.5 Å². The largest absolute Gasteiger partial charge is 0.486 e. The zero-order valence-corrected chi connectivity index (χ0v) is 25.9. The van der Waals surface area contributed by atoms with E-state index in [1.54, 1.807) is 29.8 Å². The lowest BCUT2D eigenvalue weighted by Gasteiger charge is -2.37. The minimum Gasteiger partial charge on any atom is -0.486 e. The molecule has 0 saturated heterocycles. The Bertz CT molecular complexity index is 1520. The van der Waals surface area contributed by atoms with E-state index in [1.807, 2.05) is 18.2 Å². The minimum absolute atomic E-state index is 0.105. The predicted molar refractivity (Wildman–Crippen MR) is 167 cm³/mol. The maximum absolute atomic E-state index is 6.87. The molecular weight excluding hydrogens is 577 g/mol. The van der Waals surface area contributed by atoms with Crippen LogP contribution in [-0.2, 0) is 19.6 Å². The van der Waals surface area contributed by atoms with Gasteiger partial charge in [0, 0.05) is 41.5 Å². The third-order valence-corrected chi connectivity index (χ3v) is 9.93. The summed E-state index contributed by atoms with van der Waals surface area (Å²) in [5.74, 6) is 3.66. The van der Waals surface area contributed by atoms with Crippen molar-refractivity contribution in [1.82, 2.24) is 20.3 Å². The van der Waals surface area contributed by atoms with Gasteiger partial charge >= 0.3 is 0 Å². The molecule has 3 unspecified atom stereocenters. The van der Waals surface area contributed by atoms with Gasteiger partial charge in [-0.1, -0.05) is 50.4 Å². The number of benzene rings is 2. The van der Waals surface area contributed by atoms with Crippen LogP contribution in [0.4, 0.5) is 11.5 Å². The Labute approximate surface area is 255 Å². The molecule has 2 N–H and O–H groups in total. The van der Waals surface area contributed by atoms with Crippen molar-refractivity contribution in [2.45, 2.75) is 65.7 Å². The number of aromatic nitrogens is 3. The summed E-state index contributed by atoms with van der Waals surface area (Å²) in [6, 6.07) is 9.39. The van der Waals surface area contributed by atoms with Crippen molar-refractivity contribution in [3.63, 3.8) is 0 Å². The van der Waals surface area contributed by atoms with Crippen molar-refractivity contribution >= 4 is 56.9 Å². The van der Waals surface area contributed by atoms with Crippen molar-refractivity contribution in [3.05, 3.63) is 62.3 Å². The van der Waals surface area contributed by atoms with E-state index >= 15 is 0 Å². The van der Waals surface area contributed by atoms with Crippen molar-refractivity contribution in [1.29, 1.82) is 0 Å². The summed E-state index contributed by atoms with van der Waals surface area (Å²) in [5, 5.41) is 9.59. The molecule has 7 nitrogen and oxygen atoms in total. The molecule has 2 aromatic heterocycles. The van der Waals surface area contributed by atoms with E-state index < -0.39 is 0 Å². The zero-order chi connectivity index (χ0) is 28.5. The minimum atomic E-state index is 0.105. The fourth-order valence-corrected chi connectivity index (χ4v) is 7.17. The summed E-state index contributed by atoms with van der Waals surface area (Å²) in [7, 11) is 0. The van der Waals surface area contributed by atoms with Crippen molar-refractivity contribution in [2.75, 3.05) is 11.9 Å². The van der Waals surface area contributed by atoms with Crippen LogP contribution in [0, 0.1) is 17.8 Å². The maximum Gasteiger partial charge on any atom is 0.164 e. The summed E-state index contributed by atoms with van der Waals surface area (Å²) in [6.45, 7) is 9.13. The predicted octanol–water partition coefficient (Wildman–Crippen LogP) is 8.20. The highest BCUT2D eigenvalue weighted by Gasteiger charge is 2.33. The standard InChI is InChI=1S/C31H35Cl2N5O2S/c1-17(2)20-6-4-18(3)10-26(20)40-28-12-21-25(35-16-36-31(21)37-19-5-7-22(32)23(33)11-19)13-27(28)39-15-30-38-24-8-9-34-14-29(24)41-30/h5,7,11-13,16-18,20,26,34H,4,6,8-10,14-15H2,1-3H3,(H,35,36,37). The Kier molecular flexibility index (Phi) is 8.54. The molecular formula is C31H35Cl2N5O2S. The molecule has 1 saturated carbocycles. The molecule has 1 aliphatic heterocycles. The van der Waals surface area contributed by atoms with Gasteiger partial charge < -0.3 is 20.1 Å². The second-order valence-electron chi connectivity index (χ2n) is 11.5. The van der Waals surface area contributed by atoms with E-state index in [0.717, 1.165) is 47.5 Å². The number of thiazole rings is 1. The number of nitrogens with zero attached hydrogens (tertiary/aromatic N) is 3. The van der Waals surface area contributed by atoms with Gasteiger partial charge in [0.1, 0.15) is 29.9 Å². The second-order valence-corrected chi connectivity index (χ2v) is 13.5. The number of hydrogen-bond donors (Lipinski definition) is 2. The molecule has 216 valence electrons. The summed E-state index contributed by atoms with van der Waals surface area (Å²) >= 11 is 14.1. The number of hydrogen-bond acceptors (Lipinski definition) is 8. The SMILES string of the molecule is CC1CCC(C(C)C)C(Oc2cc3c(Nc4ccc(Cl)c(Cl)c4)ncnc3cc2OCc2nc3c(s2)CNCC3)C1. The maximum atomic E-state index is 6.87. The monoisotopic (exact) mass is 611 g/mol. The van der Waals surface area contributed by atoms with Gasteiger partial charge in [0.25, 0.3) is 0 Å². The molecule has 0 radical (unpaired) electrons. The highest BCUT2D eigenvalue weighted by molar-refractivity contribution is 7.11. The normalized spacial score (nSPS) is 20.7. The average Bonchev–Trinajstić information content (AvgIpc) is 3.37. The molecule has 10 heteroatoms. The van der Waals surface area contributed by atoms with Crippen LogP contribution in [0.2, 0.25) is 10.0 Å². The number of anilines is 2. The molecule has 4 aromatic rings. The van der Waals surface area contributed by atoms with E-state index in [1.165, 1.54) is 23.4 Å². The summed E-state index contributed by atoms with van der Waals surface area (Å²) < 4.78 is 13.3. The number of halogens is 2. The zero-order valence-electron chi connectivity index (χ0n) is 23.5. The van der Waals surface area contributed by atoms with Crippen molar-refractivity contribution in [2.24, 2.45) is 17.8 Å². The smallest absolute Gasteiger partial charge is 0.164 e. The first-order chi connectivity index (χ1) is 19.8. The number of ether oxygens (including phenoxy) is 2. The quantitative estimate of drug-likeness (QED) is 0.208. The van der Waals surface area contributed by atoms with Crippen LogP contribution in [0.15, 0.2) is 36.7 Å². The van der Waals surface area contributed by atoms with Gasteiger partial charge in [0.15, 0.2) is 11.5 Å². The number of rotatable bonds is 8.